The van der Waals surface area contributed by atoms with Crippen LogP contribution in [-0.4, -0.2) is 23.6 Å². The number of nitrogens with zero attached hydrogens (tertiary/aromatic N) is 1. The summed E-state index contributed by atoms with van der Waals surface area (Å²) in [5, 5.41) is 10.7. The zero-order valence-corrected chi connectivity index (χ0v) is 16.0. The Hall–Kier alpha value is -4.00. The summed E-state index contributed by atoms with van der Waals surface area (Å²) >= 11 is 0. The van der Waals surface area contributed by atoms with Crippen molar-refractivity contribution in [1.29, 1.82) is 0 Å². The molecule has 150 valence electrons. The summed E-state index contributed by atoms with van der Waals surface area (Å²) in [5.41, 5.74) is 2.10. The second kappa shape index (κ2) is 6.81. The Labute approximate surface area is 171 Å². The van der Waals surface area contributed by atoms with Crippen LogP contribution in [0, 0.1) is 6.92 Å². The predicted octanol–water partition coefficient (Wildman–Crippen LogP) is 4.10. The highest BCUT2D eigenvalue weighted by molar-refractivity contribution is 6.20. The van der Waals surface area contributed by atoms with Crippen LogP contribution in [0.25, 0.3) is 0 Å². The highest BCUT2D eigenvalue weighted by atomic mass is 16.7. The van der Waals surface area contributed by atoms with E-state index in [0.29, 0.717) is 22.7 Å². The largest absolute Gasteiger partial charge is 0.503 e. The van der Waals surface area contributed by atoms with Crippen molar-refractivity contribution in [3.63, 3.8) is 0 Å². The van der Waals surface area contributed by atoms with Gasteiger partial charge in [0.25, 0.3) is 5.91 Å². The summed E-state index contributed by atoms with van der Waals surface area (Å²) in [7, 11) is 0. The number of Topliss-reactive ketones (excluding diaryl/α,β-unsaturated/α-hetero) is 1. The molecule has 2 aromatic carbocycles. The summed E-state index contributed by atoms with van der Waals surface area (Å²) in [5.74, 6) is -0.693. The molecule has 0 saturated carbocycles. The van der Waals surface area contributed by atoms with Gasteiger partial charge in [0.15, 0.2) is 23.0 Å². The fourth-order valence-electron chi connectivity index (χ4n) is 3.83. The fraction of sp³-hybridized carbons (Fsp3) is 0.130. The van der Waals surface area contributed by atoms with Gasteiger partial charge in [-0.05, 0) is 36.8 Å². The summed E-state index contributed by atoms with van der Waals surface area (Å²) < 4.78 is 16.0. The summed E-state index contributed by atoms with van der Waals surface area (Å²) in [4.78, 5) is 27.7. The minimum absolute atomic E-state index is 0.0294. The molecule has 3 aromatic rings. The SMILES string of the molecule is Cc1cccc(C2C(C(=O)c3ccco3)=C(O)C(=O)N2c2ccc3c(c2)OCO3)c1. The van der Waals surface area contributed by atoms with Crippen LogP contribution in [-0.2, 0) is 4.79 Å². The van der Waals surface area contributed by atoms with Crippen molar-refractivity contribution in [2.45, 2.75) is 13.0 Å². The molecule has 0 fully saturated rings. The van der Waals surface area contributed by atoms with Crippen molar-refractivity contribution in [2.24, 2.45) is 0 Å². The Morgan fingerprint density at radius 3 is 2.67 bits per heavy atom. The Morgan fingerprint density at radius 2 is 1.90 bits per heavy atom. The number of hydrogen-bond donors (Lipinski definition) is 1. The first kappa shape index (κ1) is 18.1. The molecule has 0 saturated heterocycles. The van der Waals surface area contributed by atoms with E-state index in [2.05, 4.69) is 0 Å². The Balaban J connectivity index is 1.67. The first-order chi connectivity index (χ1) is 14.5. The van der Waals surface area contributed by atoms with E-state index in [-0.39, 0.29) is 18.1 Å². The molecule has 1 atom stereocenters. The van der Waals surface area contributed by atoms with Crippen LogP contribution in [0.4, 0.5) is 5.69 Å². The number of aryl methyl sites for hydroxylation is 1. The number of anilines is 1. The lowest BCUT2D eigenvalue weighted by molar-refractivity contribution is -0.117. The highest BCUT2D eigenvalue weighted by Gasteiger charge is 2.45. The molecule has 1 N–H and O–H groups in total. The molecule has 7 nitrogen and oxygen atoms in total. The molecule has 30 heavy (non-hydrogen) atoms. The van der Waals surface area contributed by atoms with E-state index in [1.807, 2.05) is 31.2 Å². The van der Waals surface area contributed by atoms with Crippen molar-refractivity contribution < 1.29 is 28.6 Å². The molecule has 0 spiro atoms. The van der Waals surface area contributed by atoms with Gasteiger partial charge in [-0.25, -0.2) is 0 Å². The Bertz CT molecular complexity index is 1190. The number of benzene rings is 2. The van der Waals surface area contributed by atoms with Crippen LogP contribution in [0.2, 0.25) is 0 Å². The quantitative estimate of drug-likeness (QED) is 0.660. The first-order valence-electron chi connectivity index (χ1n) is 9.35. The molecule has 1 aromatic heterocycles. The minimum Gasteiger partial charge on any atom is -0.503 e. The molecule has 3 heterocycles. The minimum atomic E-state index is -0.824. The molecule has 0 radical (unpaired) electrons. The fourth-order valence-corrected chi connectivity index (χ4v) is 3.83. The van der Waals surface area contributed by atoms with E-state index in [4.69, 9.17) is 13.9 Å². The molecule has 2 aliphatic rings. The normalized spacial score (nSPS) is 17.7. The van der Waals surface area contributed by atoms with Crippen LogP contribution in [0.3, 0.4) is 0 Å². The summed E-state index contributed by atoms with van der Waals surface area (Å²) in [6.07, 6.45) is 1.37. The molecule has 1 unspecified atom stereocenters. The van der Waals surface area contributed by atoms with E-state index < -0.39 is 23.5 Å². The van der Waals surface area contributed by atoms with E-state index in [1.54, 1.807) is 24.3 Å². The molecular formula is C23H17NO6. The number of furan rings is 1. The molecule has 0 aliphatic carbocycles. The van der Waals surface area contributed by atoms with Crippen LogP contribution >= 0.6 is 0 Å². The highest BCUT2D eigenvalue weighted by Crippen LogP contribution is 2.44. The second-order valence-corrected chi connectivity index (χ2v) is 7.10. The lowest BCUT2D eigenvalue weighted by Crippen LogP contribution is -2.31. The number of hydrogen-bond acceptors (Lipinski definition) is 6. The van der Waals surface area contributed by atoms with Gasteiger partial charge in [0, 0.05) is 11.8 Å². The average Bonchev–Trinajstić information content (AvgIpc) is 3.48. The number of carbonyl (C=O) groups excluding carboxylic acids is 2. The number of ether oxygens (including phenoxy) is 2. The Kier molecular flexibility index (Phi) is 4.10. The molecule has 7 heteroatoms. The Morgan fingerprint density at radius 1 is 1.07 bits per heavy atom. The van der Waals surface area contributed by atoms with E-state index >= 15 is 0 Å². The zero-order chi connectivity index (χ0) is 20.8. The lowest BCUT2D eigenvalue weighted by atomic mass is 9.94. The van der Waals surface area contributed by atoms with Gasteiger partial charge in [-0.2, -0.15) is 0 Å². The molecule has 1 amide bonds. The van der Waals surface area contributed by atoms with Gasteiger partial charge >= 0.3 is 0 Å². The maximum absolute atomic E-state index is 13.2. The third kappa shape index (κ3) is 2.75. The summed E-state index contributed by atoms with van der Waals surface area (Å²) in [6.45, 7) is 2.02. The average molecular weight is 403 g/mol. The van der Waals surface area contributed by atoms with Gasteiger partial charge in [0.05, 0.1) is 17.9 Å². The van der Waals surface area contributed by atoms with Crippen LogP contribution in [0.15, 0.2) is 76.6 Å². The maximum Gasteiger partial charge on any atom is 0.294 e. The maximum atomic E-state index is 13.2. The van der Waals surface area contributed by atoms with Gasteiger partial charge in [-0.3, -0.25) is 14.5 Å². The van der Waals surface area contributed by atoms with E-state index in [1.165, 1.54) is 17.2 Å². The number of aliphatic hydroxyl groups is 1. The number of fused-ring (bicyclic) bond motifs is 1. The third-order valence-corrected chi connectivity index (χ3v) is 5.19. The van der Waals surface area contributed by atoms with Crippen LogP contribution < -0.4 is 14.4 Å². The number of amides is 1. The van der Waals surface area contributed by atoms with E-state index in [9.17, 15) is 14.7 Å². The topological polar surface area (TPSA) is 89.2 Å². The van der Waals surface area contributed by atoms with Gasteiger partial charge in [-0.15, -0.1) is 0 Å². The van der Waals surface area contributed by atoms with Gasteiger partial charge in [0.2, 0.25) is 12.6 Å². The molecule has 0 bridgehead atoms. The predicted molar refractivity (Wildman–Crippen MR) is 107 cm³/mol. The van der Waals surface area contributed by atoms with Crippen molar-refractivity contribution in [2.75, 3.05) is 11.7 Å². The molecule has 2 aliphatic heterocycles. The van der Waals surface area contributed by atoms with Crippen molar-refractivity contribution in [3.05, 3.63) is 89.1 Å². The van der Waals surface area contributed by atoms with Gasteiger partial charge < -0.3 is 19.0 Å². The first-order valence-corrected chi connectivity index (χ1v) is 9.35. The lowest BCUT2D eigenvalue weighted by Gasteiger charge is -2.27. The molecule has 5 rings (SSSR count). The van der Waals surface area contributed by atoms with Gasteiger partial charge in [-0.1, -0.05) is 29.8 Å². The zero-order valence-electron chi connectivity index (χ0n) is 16.0. The monoisotopic (exact) mass is 403 g/mol. The number of aliphatic hydroxyl groups excluding tert-OH is 1. The van der Waals surface area contributed by atoms with Crippen molar-refractivity contribution in [1.82, 2.24) is 0 Å². The molecular weight excluding hydrogens is 386 g/mol. The number of ketones is 1. The standard InChI is InChI=1S/C23H17NO6/c1-13-4-2-5-14(10-13)20-19(21(25)17-6-3-9-28-17)22(26)23(27)24(20)15-7-8-16-18(11-15)30-12-29-16/h2-11,20,26H,12H2,1H3. The number of rotatable bonds is 4. The van der Waals surface area contributed by atoms with Crippen LogP contribution in [0.1, 0.15) is 27.7 Å². The van der Waals surface area contributed by atoms with Crippen LogP contribution in [0.5, 0.6) is 11.5 Å². The second-order valence-electron chi connectivity index (χ2n) is 7.10. The van der Waals surface area contributed by atoms with Crippen molar-refractivity contribution >= 4 is 17.4 Å². The van der Waals surface area contributed by atoms with E-state index in [0.717, 1.165) is 5.56 Å². The van der Waals surface area contributed by atoms with Crippen molar-refractivity contribution in [3.8, 4) is 11.5 Å². The smallest absolute Gasteiger partial charge is 0.294 e. The van der Waals surface area contributed by atoms with Gasteiger partial charge in [0.1, 0.15) is 0 Å². The third-order valence-electron chi connectivity index (χ3n) is 5.19. The summed E-state index contributed by atoms with van der Waals surface area (Å²) in [6, 6.07) is 14.8. The number of carbonyl (C=O) groups is 2.